The number of rotatable bonds is 1. The van der Waals surface area contributed by atoms with Crippen LogP contribution in [0.1, 0.15) is 18.5 Å². The van der Waals surface area contributed by atoms with Crippen molar-refractivity contribution in [1.29, 1.82) is 0 Å². The van der Waals surface area contributed by atoms with Gasteiger partial charge in [0.05, 0.1) is 16.7 Å². The molecule has 0 bridgehead atoms. The molecular weight excluding hydrogens is 174 g/mol. The lowest BCUT2D eigenvalue weighted by atomic mass is 10.1. The third-order valence-electron chi connectivity index (χ3n) is 3.00. The van der Waals surface area contributed by atoms with Gasteiger partial charge in [0.25, 0.3) is 0 Å². The minimum Gasteiger partial charge on any atom is -0.320 e. The molecule has 1 fully saturated rings. The zero-order chi connectivity index (χ0) is 9.76. The van der Waals surface area contributed by atoms with Gasteiger partial charge in [-0.2, -0.15) is 5.10 Å². The Bertz CT molecular complexity index is 494. The third kappa shape index (κ3) is 0.930. The highest BCUT2D eigenvalue weighted by Gasteiger charge is 2.43. The Balaban J connectivity index is 2.36. The Labute approximate surface area is 82.5 Å². The molecule has 72 valence electrons. The monoisotopic (exact) mass is 187 g/mol. The first-order valence-corrected chi connectivity index (χ1v) is 4.92. The first-order chi connectivity index (χ1) is 6.71. The molecule has 1 saturated carbocycles. The van der Waals surface area contributed by atoms with Crippen molar-refractivity contribution in [2.24, 2.45) is 12.8 Å². The Morgan fingerprint density at radius 3 is 2.79 bits per heavy atom. The van der Waals surface area contributed by atoms with Gasteiger partial charge in [-0.15, -0.1) is 0 Å². The van der Waals surface area contributed by atoms with E-state index in [4.69, 9.17) is 5.73 Å². The summed E-state index contributed by atoms with van der Waals surface area (Å²) < 4.78 is 1.93. The van der Waals surface area contributed by atoms with Gasteiger partial charge >= 0.3 is 0 Å². The second-order valence-electron chi connectivity index (χ2n) is 4.15. The quantitative estimate of drug-likeness (QED) is 0.735. The molecule has 0 unspecified atom stereocenters. The van der Waals surface area contributed by atoms with Crippen molar-refractivity contribution in [3.05, 3.63) is 30.0 Å². The molecule has 1 aliphatic rings. The maximum atomic E-state index is 6.22. The molecule has 1 aromatic heterocycles. The number of hydrogen-bond donors (Lipinski definition) is 1. The van der Waals surface area contributed by atoms with Gasteiger partial charge in [0.1, 0.15) is 0 Å². The average Bonchev–Trinajstić information content (AvgIpc) is 2.79. The van der Waals surface area contributed by atoms with Gasteiger partial charge in [-0.1, -0.05) is 18.2 Å². The summed E-state index contributed by atoms with van der Waals surface area (Å²) in [7, 11) is 1.97. The van der Waals surface area contributed by atoms with Crippen molar-refractivity contribution in [2.45, 2.75) is 18.4 Å². The Hall–Kier alpha value is -1.35. The highest BCUT2D eigenvalue weighted by atomic mass is 15.3. The Morgan fingerprint density at radius 2 is 2.07 bits per heavy atom. The van der Waals surface area contributed by atoms with Crippen LogP contribution in [-0.4, -0.2) is 9.78 Å². The summed E-state index contributed by atoms with van der Waals surface area (Å²) in [5, 5.41) is 5.66. The van der Waals surface area contributed by atoms with Crippen LogP contribution < -0.4 is 5.73 Å². The summed E-state index contributed by atoms with van der Waals surface area (Å²) in [6, 6.07) is 8.18. The van der Waals surface area contributed by atoms with E-state index in [9.17, 15) is 0 Å². The van der Waals surface area contributed by atoms with E-state index in [1.54, 1.807) is 0 Å². The third-order valence-corrected chi connectivity index (χ3v) is 3.00. The number of hydrogen-bond acceptors (Lipinski definition) is 2. The van der Waals surface area contributed by atoms with Crippen molar-refractivity contribution in [2.75, 3.05) is 0 Å². The minimum atomic E-state index is -0.106. The summed E-state index contributed by atoms with van der Waals surface area (Å²) in [5.74, 6) is 0. The molecule has 3 rings (SSSR count). The predicted molar refractivity (Wildman–Crippen MR) is 55.8 cm³/mol. The van der Waals surface area contributed by atoms with Crippen LogP contribution in [0.15, 0.2) is 24.3 Å². The second kappa shape index (κ2) is 2.36. The molecule has 0 aliphatic heterocycles. The summed E-state index contributed by atoms with van der Waals surface area (Å²) in [4.78, 5) is 0. The van der Waals surface area contributed by atoms with E-state index in [1.807, 2.05) is 29.9 Å². The molecule has 2 aromatic rings. The maximum absolute atomic E-state index is 6.22. The van der Waals surface area contributed by atoms with E-state index in [0.29, 0.717) is 0 Å². The van der Waals surface area contributed by atoms with Crippen molar-refractivity contribution < 1.29 is 0 Å². The van der Waals surface area contributed by atoms with Gasteiger partial charge in [0.2, 0.25) is 0 Å². The van der Waals surface area contributed by atoms with E-state index >= 15 is 0 Å². The van der Waals surface area contributed by atoms with Crippen molar-refractivity contribution >= 4 is 10.9 Å². The van der Waals surface area contributed by atoms with Gasteiger partial charge in [0.15, 0.2) is 0 Å². The lowest BCUT2D eigenvalue weighted by Crippen LogP contribution is -2.22. The normalized spacial score (nSPS) is 18.7. The van der Waals surface area contributed by atoms with Crippen molar-refractivity contribution in [1.82, 2.24) is 9.78 Å². The topological polar surface area (TPSA) is 43.8 Å². The second-order valence-corrected chi connectivity index (χ2v) is 4.15. The molecule has 1 aromatic carbocycles. The highest BCUT2D eigenvalue weighted by Crippen LogP contribution is 2.44. The highest BCUT2D eigenvalue weighted by molar-refractivity contribution is 5.82. The van der Waals surface area contributed by atoms with E-state index in [2.05, 4.69) is 11.2 Å². The maximum Gasteiger partial charge on any atom is 0.0926 e. The zero-order valence-electron chi connectivity index (χ0n) is 8.20. The molecule has 14 heavy (non-hydrogen) atoms. The predicted octanol–water partition coefficient (Wildman–Crippen LogP) is 1.52. The average molecular weight is 187 g/mol. The fourth-order valence-corrected chi connectivity index (χ4v) is 2.11. The molecule has 0 radical (unpaired) electrons. The van der Waals surface area contributed by atoms with Crippen LogP contribution in [0.2, 0.25) is 0 Å². The summed E-state index contributed by atoms with van der Waals surface area (Å²) >= 11 is 0. The lowest BCUT2D eigenvalue weighted by Gasteiger charge is -2.09. The molecule has 0 amide bonds. The molecule has 1 aliphatic carbocycles. The number of benzene rings is 1. The van der Waals surface area contributed by atoms with Crippen LogP contribution in [0, 0.1) is 0 Å². The van der Waals surface area contributed by atoms with Gasteiger partial charge in [-0.25, -0.2) is 0 Å². The first kappa shape index (κ1) is 8.00. The molecule has 3 heteroatoms. The molecule has 0 atom stereocenters. The van der Waals surface area contributed by atoms with E-state index < -0.39 is 0 Å². The smallest absolute Gasteiger partial charge is 0.0926 e. The van der Waals surface area contributed by atoms with Crippen LogP contribution in [-0.2, 0) is 12.6 Å². The van der Waals surface area contributed by atoms with Crippen LogP contribution in [0.5, 0.6) is 0 Å². The van der Waals surface area contributed by atoms with Crippen LogP contribution in [0.4, 0.5) is 0 Å². The molecular formula is C11H13N3. The summed E-state index contributed by atoms with van der Waals surface area (Å²) in [6.45, 7) is 0. The molecule has 2 N–H and O–H groups in total. The van der Waals surface area contributed by atoms with Crippen LogP contribution in [0.25, 0.3) is 10.9 Å². The number of nitrogens with two attached hydrogens (primary N) is 1. The van der Waals surface area contributed by atoms with Crippen LogP contribution in [0.3, 0.4) is 0 Å². The molecule has 1 heterocycles. The van der Waals surface area contributed by atoms with E-state index in [1.165, 1.54) is 11.1 Å². The first-order valence-electron chi connectivity index (χ1n) is 4.92. The Kier molecular flexibility index (Phi) is 1.35. The van der Waals surface area contributed by atoms with Gasteiger partial charge in [-0.3, -0.25) is 4.68 Å². The SMILES string of the molecule is Cn1nc2ccccc2c1C1(N)CC1. The fraction of sp³-hybridized carbons (Fsp3) is 0.364. The van der Waals surface area contributed by atoms with Gasteiger partial charge < -0.3 is 5.73 Å². The van der Waals surface area contributed by atoms with Crippen LogP contribution >= 0.6 is 0 Å². The number of fused-ring (bicyclic) bond motifs is 1. The minimum absolute atomic E-state index is 0.106. The van der Waals surface area contributed by atoms with E-state index in [-0.39, 0.29) is 5.54 Å². The summed E-state index contributed by atoms with van der Waals surface area (Å²) in [6.07, 6.45) is 2.16. The lowest BCUT2D eigenvalue weighted by molar-refractivity contribution is 0.622. The van der Waals surface area contributed by atoms with Crippen molar-refractivity contribution in [3.8, 4) is 0 Å². The zero-order valence-corrected chi connectivity index (χ0v) is 8.20. The van der Waals surface area contributed by atoms with Gasteiger partial charge in [0, 0.05) is 12.4 Å². The number of aryl methyl sites for hydroxylation is 1. The molecule has 0 saturated heterocycles. The van der Waals surface area contributed by atoms with Gasteiger partial charge in [-0.05, 0) is 18.9 Å². The Morgan fingerprint density at radius 1 is 1.36 bits per heavy atom. The van der Waals surface area contributed by atoms with E-state index in [0.717, 1.165) is 18.4 Å². The molecule has 3 nitrogen and oxygen atoms in total. The largest absolute Gasteiger partial charge is 0.320 e. The number of nitrogens with zero attached hydrogens (tertiary/aromatic N) is 2. The van der Waals surface area contributed by atoms with Crippen molar-refractivity contribution in [3.63, 3.8) is 0 Å². The standard InChI is InChI=1S/C11H13N3/c1-14-10(11(12)6-7-11)8-4-2-3-5-9(8)13-14/h2-5H,6-7,12H2,1H3. The molecule has 0 spiro atoms. The number of aromatic nitrogens is 2. The fourth-order valence-electron chi connectivity index (χ4n) is 2.11. The summed E-state index contributed by atoms with van der Waals surface area (Å²) in [5.41, 5.74) is 8.34.